The van der Waals surface area contributed by atoms with E-state index in [1.165, 1.54) is 24.1 Å². The van der Waals surface area contributed by atoms with Crippen LogP contribution in [-0.4, -0.2) is 17.2 Å². The molecule has 0 atom stereocenters. The molecular formula is C11H8ClF2N3S. The second-order valence-corrected chi connectivity index (χ2v) is 6.16. The Morgan fingerprint density at radius 2 is 2.11 bits per heavy atom. The fourth-order valence-electron chi connectivity index (χ4n) is 2.20. The number of halogens is 3. The van der Waals surface area contributed by atoms with Gasteiger partial charge in [-0.05, 0) is 24.1 Å². The van der Waals surface area contributed by atoms with Crippen molar-refractivity contribution < 1.29 is 8.78 Å². The van der Waals surface area contributed by atoms with Crippen molar-refractivity contribution in [3.63, 3.8) is 0 Å². The van der Waals surface area contributed by atoms with Crippen molar-refractivity contribution in [3.8, 4) is 0 Å². The highest BCUT2D eigenvalue weighted by molar-refractivity contribution is 7.98. The topological polar surface area (TPSA) is 36.4 Å². The number of rotatable bonds is 1. The molecule has 1 aliphatic heterocycles. The van der Waals surface area contributed by atoms with Crippen LogP contribution < -0.4 is 10.0 Å². The molecule has 0 radical (unpaired) electrons. The summed E-state index contributed by atoms with van der Waals surface area (Å²) in [4.78, 5) is 5.04. The number of hydrogen-bond donors (Lipinski definition) is 2. The van der Waals surface area contributed by atoms with Crippen LogP contribution in [0, 0.1) is 5.82 Å². The lowest BCUT2D eigenvalue weighted by atomic mass is 10.3. The second-order valence-electron chi connectivity index (χ2n) is 4.90. The molecule has 2 N–H and O–H groups in total. The predicted octanol–water partition coefficient (Wildman–Crippen LogP) is 3.11. The van der Waals surface area contributed by atoms with Gasteiger partial charge in [-0.2, -0.15) is 0 Å². The van der Waals surface area contributed by atoms with Gasteiger partial charge in [-0.15, -0.1) is 0 Å². The highest BCUT2D eigenvalue weighted by Crippen LogP contribution is 2.76. The van der Waals surface area contributed by atoms with Gasteiger partial charge in [0, 0.05) is 12.8 Å². The highest BCUT2D eigenvalue weighted by atomic mass is 35.5. The minimum atomic E-state index is -1.06. The van der Waals surface area contributed by atoms with Crippen LogP contribution in [0.25, 0.3) is 0 Å². The number of guanidine groups is 1. The third-order valence-corrected chi connectivity index (χ3v) is 4.73. The van der Waals surface area contributed by atoms with Gasteiger partial charge in [-0.1, -0.05) is 11.6 Å². The average Bonchev–Trinajstić information content (AvgIpc) is 3.04. The van der Waals surface area contributed by atoms with Crippen molar-refractivity contribution in [2.24, 2.45) is 4.99 Å². The fraction of sp³-hybridized carbons (Fsp3) is 0.364. The van der Waals surface area contributed by atoms with Gasteiger partial charge in [0.25, 0.3) is 0 Å². The maximum absolute atomic E-state index is 13.5. The average molecular weight is 288 g/mol. The number of nitrogens with zero attached hydrogens (tertiary/aromatic N) is 1. The summed E-state index contributed by atoms with van der Waals surface area (Å²) >= 11 is 6.97. The third kappa shape index (κ3) is 1.39. The molecule has 2 fully saturated rings. The third-order valence-electron chi connectivity index (χ3n) is 3.59. The molecule has 1 aromatic rings. The van der Waals surface area contributed by atoms with E-state index in [1.807, 2.05) is 0 Å². The summed E-state index contributed by atoms with van der Waals surface area (Å²) in [6, 6.07) is 2.86. The number of benzene rings is 1. The number of fused-ring (bicyclic) bond motifs is 2. The Kier molecular flexibility index (Phi) is 1.88. The van der Waals surface area contributed by atoms with Crippen LogP contribution >= 0.6 is 23.5 Å². The van der Waals surface area contributed by atoms with Crippen LogP contribution in [0.3, 0.4) is 0 Å². The van der Waals surface area contributed by atoms with Crippen molar-refractivity contribution in [1.29, 1.82) is 0 Å². The van der Waals surface area contributed by atoms with Gasteiger partial charge in [-0.25, -0.2) is 13.8 Å². The van der Waals surface area contributed by atoms with Gasteiger partial charge < -0.3 is 5.32 Å². The molecule has 0 spiro atoms. The Balaban J connectivity index is 1.64. The minimum Gasteiger partial charge on any atom is -0.325 e. The number of anilines is 1. The lowest BCUT2D eigenvalue weighted by molar-refractivity contribution is 0.390. The summed E-state index contributed by atoms with van der Waals surface area (Å²) in [7, 11) is 0. The van der Waals surface area contributed by atoms with Crippen molar-refractivity contribution in [3.05, 3.63) is 23.0 Å². The zero-order valence-electron chi connectivity index (χ0n) is 9.06. The van der Waals surface area contributed by atoms with Gasteiger partial charge in [-0.3, -0.25) is 4.72 Å². The first-order chi connectivity index (χ1) is 8.51. The predicted molar refractivity (Wildman–Crippen MR) is 67.3 cm³/mol. The van der Waals surface area contributed by atoms with E-state index in [2.05, 4.69) is 15.0 Å². The Labute approximate surface area is 111 Å². The van der Waals surface area contributed by atoms with Crippen LogP contribution in [-0.2, 0) is 0 Å². The molecule has 1 aromatic carbocycles. The zero-order chi connectivity index (χ0) is 12.5. The van der Waals surface area contributed by atoms with Gasteiger partial charge in [0.05, 0.1) is 15.6 Å². The molecule has 0 unspecified atom stereocenters. The van der Waals surface area contributed by atoms with E-state index in [-0.39, 0.29) is 5.02 Å². The van der Waals surface area contributed by atoms with E-state index in [1.54, 1.807) is 0 Å². The first-order valence-electron chi connectivity index (χ1n) is 5.49. The molecule has 1 heterocycles. The molecule has 3 nitrogen and oxygen atoms in total. The lowest BCUT2D eigenvalue weighted by Gasteiger charge is -2.21. The Bertz CT molecular complexity index is 598. The minimum absolute atomic E-state index is 0.0546. The Morgan fingerprint density at radius 1 is 1.39 bits per heavy atom. The Morgan fingerprint density at radius 3 is 2.78 bits per heavy atom. The van der Waals surface area contributed by atoms with Crippen molar-refractivity contribution in [2.75, 3.05) is 5.32 Å². The molecule has 18 heavy (non-hydrogen) atoms. The number of aliphatic imine (C=N–C) groups is 1. The van der Waals surface area contributed by atoms with E-state index in [0.717, 1.165) is 0 Å². The first kappa shape index (κ1) is 10.9. The maximum atomic E-state index is 13.5. The highest BCUT2D eigenvalue weighted by Gasteiger charge is 2.87. The molecule has 0 amide bonds. The van der Waals surface area contributed by atoms with Gasteiger partial charge in [0.1, 0.15) is 17.0 Å². The number of alkyl halides is 1. The molecule has 0 bridgehead atoms. The van der Waals surface area contributed by atoms with Crippen LogP contribution in [0.5, 0.6) is 0 Å². The van der Waals surface area contributed by atoms with E-state index in [4.69, 9.17) is 11.6 Å². The summed E-state index contributed by atoms with van der Waals surface area (Å²) < 4.78 is 29.7. The summed E-state index contributed by atoms with van der Waals surface area (Å²) in [5.41, 5.74) is -0.870. The van der Waals surface area contributed by atoms with Crippen molar-refractivity contribution in [1.82, 2.24) is 4.72 Å². The Hall–Kier alpha value is -1.01. The fourth-order valence-corrected chi connectivity index (χ4v) is 3.05. The number of nitrogens with one attached hydrogen (secondary N) is 2. The lowest BCUT2D eigenvalue weighted by Crippen LogP contribution is -2.30. The quantitative estimate of drug-likeness (QED) is 0.779. The monoisotopic (exact) mass is 287 g/mol. The molecule has 0 aromatic heterocycles. The number of hydrogen-bond acceptors (Lipinski definition) is 2. The van der Waals surface area contributed by atoms with E-state index in [9.17, 15) is 8.78 Å². The van der Waals surface area contributed by atoms with Crippen LogP contribution in [0.1, 0.15) is 12.8 Å². The molecule has 2 aliphatic carbocycles. The normalized spacial score (nSPS) is 37.4. The first-order valence-corrected chi connectivity index (χ1v) is 6.69. The van der Waals surface area contributed by atoms with Crippen LogP contribution in [0.4, 0.5) is 14.5 Å². The summed E-state index contributed by atoms with van der Waals surface area (Å²) in [6.45, 7) is 0. The summed E-state index contributed by atoms with van der Waals surface area (Å²) in [5.74, 6) is 0.0462. The molecule has 2 saturated carbocycles. The summed E-state index contributed by atoms with van der Waals surface area (Å²) in [6.07, 6.45) is 1.02. The molecule has 4 rings (SSSR count). The largest absolute Gasteiger partial charge is 0.325 e. The van der Waals surface area contributed by atoms with Crippen LogP contribution in [0.15, 0.2) is 22.0 Å². The molecular weight excluding hydrogens is 280 g/mol. The van der Waals surface area contributed by atoms with Crippen LogP contribution in [0.2, 0.25) is 5.02 Å². The van der Waals surface area contributed by atoms with Gasteiger partial charge in [0.2, 0.25) is 5.96 Å². The van der Waals surface area contributed by atoms with E-state index >= 15 is 0 Å². The standard InChI is InChI=1S/C11H8ClF2N3S/c12-5-1-7-8(2-6(5)13)18-17-9(15-7)16-11-3-10(11,14)4-11/h1-2H,3-4H2,(H2,15,16,17). The van der Waals surface area contributed by atoms with Crippen molar-refractivity contribution >= 4 is 35.2 Å². The molecule has 94 valence electrons. The summed E-state index contributed by atoms with van der Waals surface area (Å²) in [5, 5.41) is 3.06. The maximum Gasteiger partial charge on any atom is 0.206 e. The van der Waals surface area contributed by atoms with Gasteiger partial charge in [0.15, 0.2) is 0 Å². The smallest absolute Gasteiger partial charge is 0.206 e. The SMILES string of the molecule is Fc1cc2c(cc1Cl)NC(=NC13CC1(F)C3)NS2. The molecule has 7 heteroatoms. The van der Waals surface area contributed by atoms with Gasteiger partial charge >= 0.3 is 0 Å². The van der Waals surface area contributed by atoms with Crippen molar-refractivity contribution in [2.45, 2.75) is 28.9 Å². The zero-order valence-corrected chi connectivity index (χ0v) is 10.6. The molecule has 0 saturated heterocycles. The van der Waals surface area contributed by atoms with E-state index < -0.39 is 17.0 Å². The molecule has 3 aliphatic rings. The van der Waals surface area contributed by atoms with E-state index in [0.29, 0.717) is 29.4 Å². The second kappa shape index (κ2) is 3.11.